The summed E-state index contributed by atoms with van der Waals surface area (Å²) in [6.45, 7) is 5.94. The Morgan fingerprint density at radius 2 is 1.83 bits per heavy atom. The molecule has 5 heteroatoms. The molecule has 106 valence electrons. The van der Waals surface area contributed by atoms with Crippen molar-refractivity contribution in [2.24, 2.45) is 5.92 Å². The van der Waals surface area contributed by atoms with Gasteiger partial charge < -0.3 is 14.9 Å². The lowest BCUT2D eigenvalue weighted by Gasteiger charge is -2.35. The van der Waals surface area contributed by atoms with Gasteiger partial charge in [-0.25, -0.2) is 4.79 Å². The second-order valence-electron chi connectivity index (χ2n) is 4.43. The van der Waals surface area contributed by atoms with Crippen molar-refractivity contribution in [2.75, 3.05) is 6.61 Å². The number of hydrogen-bond acceptors (Lipinski definition) is 3. The molecule has 0 aliphatic heterocycles. The van der Waals surface area contributed by atoms with Crippen LogP contribution in [-0.4, -0.2) is 34.4 Å². The fraction of sp³-hybridized carbons (Fsp3) is 0.846. The van der Waals surface area contributed by atoms with E-state index in [9.17, 15) is 14.7 Å². The first kappa shape index (κ1) is 16.9. The molecule has 0 spiro atoms. The van der Waals surface area contributed by atoms with Gasteiger partial charge in [-0.05, 0) is 31.6 Å². The number of ether oxygens (including phenoxy) is 1. The molecule has 0 amide bonds. The van der Waals surface area contributed by atoms with Gasteiger partial charge in [0.1, 0.15) is 0 Å². The number of aliphatic carboxylic acids is 2. The van der Waals surface area contributed by atoms with Crippen LogP contribution in [0.1, 0.15) is 52.9 Å². The van der Waals surface area contributed by atoms with Crippen molar-refractivity contribution in [3.63, 3.8) is 0 Å². The first-order chi connectivity index (χ1) is 8.44. The lowest BCUT2D eigenvalue weighted by Crippen LogP contribution is -2.48. The zero-order valence-electron chi connectivity index (χ0n) is 11.4. The molecule has 2 atom stereocenters. The van der Waals surface area contributed by atoms with Gasteiger partial charge in [0.2, 0.25) is 0 Å². The van der Waals surface area contributed by atoms with Crippen molar-refractivity contribution in [3.8, 4) is 0 Å². The highest BCUT2D eigenvalue weighted by Gasteiger charge is 2.44. The van der Waals surface area contributed by atoms with E-state index in [1.165, 1.54) is 0 Å². The van der Waals surface area contributed by atoms with E-state index in [2.05, 4.69) is 0 Å². The Hall–Kier alpha value is -1.10. The number of rotatable bonds is 10. The van der Waals surface area contributed by atoms with Crippen LogP contribution in [0.3, 0.4) is 0 Å². The number of carboxylic acid groups (broad SMARTS) is 2. The molecule has 0 aromatic carbocycles. The third-order valence-corrected chi connectivity index (χ3v) is 3.31. The van der Waals surface area contributed by atoms with E-state index in [0.717, 1.165) is 6.42 Å². The summed E-state index contributed by atoms with van der Waals surface area (Å²) in [5, 5.41) is 18.2. The van der Waals surface area contributed by atoms with Crippen molar-refractivity contribution in [2.45, 2.75) is 58.5 Å². The quantitative estimate of drug-likeness (QED) is 0.630. The van der Waals surface area contributed by atoms with Crippen LogP contribution < -0.4 is 0 Å². The van der Waals surface area contributed by atoms with E-state index in [4.69, 9.17) is 9.84 Å². The number of hydrogen-bond donors (Lipinski definition) is 2. The topological polar surface area (TPSA) is 83.8 Å². The van der Waals surface area contributed by atoms with Gasteiger partial charge >= 0.3 is 11.9 Å². The van der Waals surface area contributed by atoms with E-state index < -0.39 is 17.5 Å². The molecule has 0 rings (SSSR count). The Morgan fingerprint density at radius 3 is 2.17 bits per heavy atom. The first-order valence-corrected chi connectivity index (χ1v) is 6.53. The van der Waals surface area contributed by atoms with Crippen LogP contribution >= 0.6 is 0 Å². The molecule has 2 N–H and O–H groups in total. The van der Waals surface area contributed by atoms with E-state index >= 15 is 0 Å². The lowest BCUT2D eigenvalue weighted by molar-refractivity contribution is -0.177. The molecule has 0 aromatic heterocycles. The molecule has 0 heterocycles. The van der Waals surface area contributed by atoms with Crippen LogP contribution in [0.4, 0.5) is 0 Å². The first-order valence-electron chi connectivity index (χ1n) is 6.53. The number of carbonyl (C=O) groups is 2. The average Bonchev–Trinajstić information content (AvgIpc) is 2.32. The Balaban J connectivity index is 4.97. The van der Waals surface area contributed by atoms with Gasteiger partial charge in [-0.2, -0.15) is 0 Å². The maximum atomic E-state index is 11.5. The third-order valence-electron chi connectivity index (χ3n) is 3.31. The lowest BCUT2D eigenvalue weighted by atomic mass is 9.80. The van der Waals surface area contributed by atoms with Gasteiger partial charge in [0.15, 0.2) is 5.60 Å². The van der Waals surface area contributed by atoms with Gasteiger partial charge in [0.05, 0.1) is 0 Å². The normalized spacial score (nSPS) is 15.9. The fourth-order valence-corrected chi connectivity index (χ4v) is 2.25. The Labute approximate surface area is 108 Å². The average molecular weight is 260 g/mol. The highest BCUT2D eigenvalue weighted by Crippen LogP contribution is 2.33. The minimum atomic E-state index is -1.25. The van der Waals surface area contributed by atoms with Gasteiger partial charge in [-0.15, -0.1) is 0 Å². The summed E-state index contributed by atoms with van der Waals surface area (Å²) < 4.78 is 5.58. The van der Waals surface area contributed by atoms with Gasteiger partial charge in [-0.1, -0.05) is 20.8 Å². The maximum absolute atomic E-state index is 11.5. The molecule has 5 nitrogen and oxygen atoms in total. The summed E-state index contributed by atoms with van der Waals surface area (Å²) in [5.74, 6) is -2.17. The summed E-state index contributed by atoms with van der Waals surface area (Å²) in [6, 6.07) is 0. The van der Waals surface area contributed by atoms with E-state index in [1.54, 1.807) is 6.92 Å². The highest BCUT2D eigenvalue weighted by atomic mass is 16.5. The largest absolute Gasteiger partial charge is 0.481 e. The number of carboxylic acids is 2. The highest BCUT2D eigenvalue weighted by molar-refractivity contribution is 5.78. The molecule has 0 aliphatic carbocycles. The minimum absolute atomic E-state index is 0.0248. The molecular formula is C13H24O5. The molecule has 0 fully saturated rings. The smallest absolute Gasteiger partial charge is 0.336 e. The summed E-state index contributed by atoms with van der Waals surface area (Å²) in [6.07, 6.45) is 1.99. The summed E-state index contributed by atoms with van der Waals surface area (Å²) in [4.78, 5) is 22.2. The van der Waals surface area contributed by atoms with Crippen molar-refractivity contribution < 1.29 is 24.5 Å². The molecule has 0 aromatic rings. The molecule has 2 unspecified atom stereocenters. The van der Waals surface area contributed by atoms with Crippen molar-refractivity contribution in [3.05, 3.63) is 0 Å². The fourth-order valence-electron chi connectivity index (χ4n) is 2.25. The van der Waals surface area contributed by atoms with Crippen LogP contribution in [0.25, 0.3) is 0 Å². The SMILES string of the molecule is CCCOC(CC)(C(=O)O)C(CC)CCC(=O)O. The molecule has 0 bridgehead atoms. The molecule has 0 radical (unpaired) electrons. The second kappa shape index (κ2) is 8.08. The third kappa shape index (κ3) is 4.29. The molecular weight excluding hydrogens is 236 g/mol. The van der Waals surface area contributed by atoms with Crippen molar-refractivity contribution in [1.29, 1.82) is 0 Å². The predicted octanol–water partition coefficient (Wildman–Crippen LogP) is 2.54. The van der Waals surface area contributed by atoms with Crippen molar-refractivity contribution in [1.82, 2.24) is 0 Å². The van der Waals surface area contributed by atoms with Crippen LogP contribution in [0.2, 0.25) is 0 Å². The Kier molecular flexibility index (Phi) is 7.59. The monoisotopic (exact) mass is 260 g/mol. The molecule has 0 saturated heterocycles. The Morgan fingerprint density at radius 1 is 1.22 bits per heavy atom. The second-order valence-corrected chi connectivity index (χ2v) is 4.43. The van der Waals surface area contributed by atoms with E-state index in [0.29, 0.717) is 25.9 Å². The van der Waals surface area contributed by atoms with Crippen LogP contribution in [0.5, 0.6) is 0 Å². The van der Waals surface area contributed by atoms with Crippen molar-refractivity contribution >= 4 is 11.9 Å². The van der Waals surface area contributed by atoms with E-state index in [1.807, 2.05) is 13.8 Å². The van der Waals surface area contributed by atoms with Crippen LogP contribution in [0, 0.1) is 5.92 Å². The molecule has 0 aliphatic rings. The summed E-state index contributed by atoms with van der Waals surface area (Å²) in [7, 11) is 0. The van der Waals surface area contributed by atoms with Crippen LogP contribution in [0.15, 0.2) is 0 Å². The van der Waals surface area contributed by atoms with Crippen LogP contribution in [-0.2, 0) is 14.3 Å². The molecule has 18 heavy (non-hydrogen) atoms. The zero-order valence-corrected chi connectivity index (χ0v) is 11.4. The maximum Gasteiger partial charge on any atom is 0.336 e. The van der Waals surface area contributed by atoms with Gasteiger partial charge in [0, 0.05) is 13.0 Å². The van der Waals surface area contributed by atoms with Gasteiger partial charge in [0.25, 0.3) is 0 Å². The van der Waals surface area contributed by atoms with E-state index in [-0.39, 0.29) is 12.3 Å². The zero-order chi connectivity index (χ0) is 14.2. The Bertz CT molecular complexity index is 277. The summed E-state index contributed by atoms with van der Waals surface area (Å²) in [5.41, 5.74) is -1.25. The standard InChI is InChI=1S/C13H24O5/c1-4-9-18-13(6-3,12(16)17)10(5-2)7-8-11(14)15/h10H,4-9H2,1-3H3,(H,14,15)(H,16,17). The van der Waals surface area contributed by atoms with Gasteiger partial charge in [-0.3, -0.25) is 4.79 Å². The summed E-state index contributed by atoms with van der Waals surface area (Å²) >= 11 is 0. The minimum Gasteiger partial charge on any atom is -0.481 e. The molecule has 0 saturated carbocycles. The predicted molar refractivity (Wildman–Crippen MR) is 67.6 cm³/mol.